The Morgan fingerprint density at radius 1 is 1.36 bits per heavy atom. The molecule has 0 rings (SSSR count). The van der Waals surface area contributed by atoms with Gasteiger partial charge in [-0.15, -0.1) is 0 Å². The van der Waals surface area contributed by atoms with E-state index in [0.29, 0.717) is 6.42 Å². The summed E-state index contributed by atoms with van der Waals surface area (Å²) >= 11 is 0. The van der Waals surface area contributed by atoms with Gasteiger partial charge in [-0.2, -0.15) is 0 Å². The Morgan fingerprint density at radius 2 is 1.93 bits per heavy atom. The molecule has 0 radical (unpaired) electrons. The molecule has 4 nitrogen and oxygen atoms in total. The van der Waals surface area contributed by atoms with Gasteiger partial charge >= 0.3 is 0 Å². The Labute approximate surface area is 86.9 Å². The molecule has 0 saturated heterocycles. The predicted octanol–water partition coefficient (Wildman–Crippen LogP) is 0.434. The third-order valence-electron chi connectivity index (χ3n) is 2.36. The molecule has 0 aromatic carbocycles. The van der Waals surface area contributed by atoms with Crippen LogP contribution in [0.25, 0.3) is 0 Å². The van der Waals surface area contributed by atoms with Crippen molar-refractivity contribution in [2.45, 2.75) is 31.6 Å². The van der Waals surface area contributed by atoms with E-state index in [1.165, 1.54) is 7.11 Å². The van der Waals surface area contributed by atoms with Crippen LogP contribution in [0, 0.1) is 0 Å². The van der Waals surface area contributed by atoms with E-state index in [0.717, 1.165) is 0 Å². The third kappa shape index (κ3) is 4.93. The molecule has 86 valence electrons. The molecule has 14 heavy (non-hydrogen) atoms. The first-order valence-corrected chi connectivity index (χ1v) is 6.53. The highest BCUT2D eigenvalue weighted by atomic mass is 32.2. The van der Waals surface area contributed by atoms with Gasteiger partial charge in [-0.05, 0) is 27.3 Å². The van der Waals surface area contributed by atoms with E-state index in [4.69, 9.17) is 4.74 Å². The van der Waals surface area contributed by atoms with Crippen molar-refractivity contribution in [3.8, 4) is 0 Å². The first kappa shape index (κ1) is 13.9. The molecule has 0 aromatic rings. The highest BCUT2D eigenvalue weighted by Crippen LogP contribution is 2.09. The van der Waals surface area contributed by atoms with Gasteiger partial charge in [0.15, 0.2) is 9.84 Å². The molecule has 5 heteroatoms. The Balaban J connectivity index is 4.14. The number of methoxy groups -OCH3 is 1. The molecule has 0 bridgehead atoms. The minimum absolute atomic E-state index is 0.112. The van der Waals surface area contributed by atoms with Crippen molar-refractivity contribution in [2.24, 2.45) is 0 Å². The van der Waals surface area contributed by atoms with E-state index in [-0.39, 0.29) is 23.7 Å². The lowest BCUT2D eigenvalue weighted by atomic mass is 10.2. The molecule has 0 aromatic heterocycles. The zero-order valence-corrected chi connectivity index (χ0v) is 10.2. The molecule has 0 saturated carbocycles. The van der Waals surface area contributed by atoms with Gasteiger partial charge in [-0.1, -0.05) is 0 Å². The van der Waals surface area contributed by atoms with Gasteiger partial charge in [0.1, 0.15) is 0 Å². The first-order valence-electron chi connectivity index (χ1n) is 4.81. The van der Waals surface area contributed by atoms with Gasteiger partial charge in [0.2, 0.25) is 0 Å². The van der Waals surface area contributed by atoms with E-state index < -0.39 is 9.84 Å². The maximum absolute atomic E-state index is 11.6. The summed E-state index contributed by atoms with van der Waals surface area (Å²) in [5.74, 6) is 0.112. The Hall–Kier alpha value is -0.130. The minimum atomic E-state index is -2.99. The fourth-order valence-corrected chi connectivity index (χ4v) is 2.55. The summed E-state index contributed by atoms with van der Waals surface area (Å²) in [6, 6.07) is 0.224. The summed E-state index contributed by atoms with van der Waals surface area (Å²) in [4.78, 5) is 0. The van der Waals surface area contributed by atoms with Crippen molar-refractivity contribution < 1.29 is 13.2 Å². The Bertz CT molecular complexity index is 238. The highest BCUT2D eigenvalue weighted by molar-refractivity contribution is 7.92. The molecule has 2 unspecified atom stereocenters. The second kappa shape index (κ2) is 6.37. The van der Waals surface area contributed by atoms with E-state index in [1.807, 2.05) is 14.0 Å². The van der Waals surface area contributed by atoms with Gasteiger partial charge in [0.25, 0.3) is 0 Å². The fourth-order valence-electron chi connectivity index (χ4n) is 1.16. The largest absolute Gasteiger partial charge is 0.384 e. The van der Waals surface area contributed by atoms with E-state index in [2.05, 4.69) is 5.32 Å². The van der Waals surface area contributed by atoms with Crippen LogP contribution in [-0.2, 0) is 14.6 Å². The van der Waals surface area contributed by atoms with Crippen molar-refractivity contribution in [2.75, 3.05) is 26.5 Å². The Kier molecular flexibility index (Phi) is 6.31. The third-order valence-corrected chi connectivity index (χ3v) is 4.52. The minimum Gasteiger partial charge on any atom is -0.384 e. The van der Waals surface area contributed by atoms with Crippen molar-refractivity contribution in [1.29, 1.82) is 0 Å². The molecule has 0 amide bonds. The van der Waals surface area contributed by atoms with Gasteiger partial charge in [0.05, 0.1) is 17.6 Å². The zero-order valence-electron chi connectivity index (χ0n) is 9.41. The van der Waals surface area contributed by atoms with Crippen molar-refractivity contribution in [1.82, 2.24) is 5.32 Å². The number of hydrogen-bond donors (Lipinski definition) is 1. The van der Waals surface area contributed by atoms with Crippen molar-refractivity contribution in [3.63, 3.8) is 0 Å². The standard InChI is InChI=1S/C9H21NO3S/c1-8(10-3)7-9(2)14(11,12)6-5-13-4/h8-10H,5-7H2,1-4H3. The SMILES string of the molecule is CNC(C)CC(C)S(=O)(=O)CCOC. The summed E-state index contributed by atoms with van der Waals surface area (Å²) in [5, 5.41) is 2.72. The van der Waals surface area contributed by atoms with Gasteiger partial charge < -0.3 is 10.1 Å². The number of sulfone groups is 1. The summed E-state index contributed by atoms with van der Waals surface area (Å²) < 4.78 is 28.0. The molecular weight excluding hydrogens is 202 g/mol. The first-order chi connectivity index (χ1) is 6.44. The monoisotopic (exact) mass is 223 g/mol. The normalized spacial score (nSPS) is 16.6. The molecule has 0 heterocycles. The lowest BCUT2D eigenvalue weighted by molar-refractivity contribution is 0.217. The number of rotatable bonds is 7. The van der Waals surface area contributed by atoms with Gasteiger partial charge in [0, 0.05) is 13.2 Å². The second-order valence-electron chi connectivity index (χ2n) is 3.60. The van der Waals surface area contributed by atoms with Crippen LogP contribution in [0.1, 0.15) is 20.3 Å². The lowest BCUT2D eigenvalue weighted by Gasteiger charge is -2.16. The fraction of sp³-hybridized carbons (Fsp3) is 1.00. The molecule has 0 fully saturated rings. The van der Waals surface area contributed by atoms with Gasteiger partial charge in [-0.3, -0.25) is 0 Å². The average molecular weight is 223 g/mol. The van der Waals surface area contributed by atoms with Crippen molar-refractivity contribution >= 4 is 9.84 Å². The number of ether oxygens (including phenoxy) is 1. The number of hydrogen-bond acceptors (Lipinski definition) is 4. The maximum Gasteiger partial charge on any atom is 0.155 e. The summed E-state index contributed by atoms with van der Waals surface area (Å²) in [5.41, 5.74) is 0. The molecule has 1 N–H and O–H groups in total. The summed E-state index contributed by atoms with van der Waals surface area (Å²) in [6.07, 6.45) is 0.641. The average Bonchev–Trinajstić information content (AvgIpc) is 2.14. The van der Waals surface area contributed by atoms with Crippen LogP contribution in [0.4, 0.5) is 0 Å². The molecule has 0 aliphatic rings. The smallest absolute Gasteiger partial charge is 0.155 e. The van der Waals surface area contributed by atoms with Gasteiger partial charge in [-0.25, -0.2) is 8.42 Å². The van der Waals surface area contributed by atoms with Crippen LogP contribution >= 0.6 is 0 Å². The van der Waals surface area contributed by atoms with Crippen LogP contribution in [-0.4, -0.2) is 46.2 Å². The van der Waals surface area contributed by atoms with Crippen LogP contribution in [0.2, 0.25) is 0 Å². The van der Waals surface area contributed by atoms with E-state index in [9.17, 15) is 8.42 Å². The maximum atomic E-state index is 11.6. The number of nitrogens with one attached hydrogen (secondary N) is 1. The van der Waals surface area contributed by atoms with Crippen molar-refractivity contribution in [3.05, 3.63) is 0 Å². The molecule has 0 aliphatic carbocycles. The summed E-state index contributed by atoms with van der Waals surface area (Å²) in [6.45, 7) is 4.00. The Morgan fingerprint density at radius 3 is 2.36 bits per heavy atom. The molecular formula is C9H21NO3S. The lowest BCUT2D eigenvalue weighted by Crippen LogP contribution is -2.31. The summed E-state index contributed by atoms with van der Waals surface area (Å²) in [7, 11) is 0.350. The van der Waals surface area contributed by atoms with Crippen LogP contribution < -0.4 is 5.32 Å². The van der Waals surface area contributed by atoms with E-state index in [1.54, 1.807) is 6.92 Å². The topological polar surface area (TPSA) is 55.4 Å². The molecule has 0 aliphatic heterocycles. The predicted molar refractivity (Wildman–Crippen MR) is 58.3 cm³/mol. The molecule has 0 spiro atoms. The highest BCUT2D eigenvalue weighted by Gasteiger charge is 2.21. The van der Waals surface area contributed by atoms with E-state index >= 15 is 0 Å². The second-order valence-corrected chi connectivity index (χ2v) is 6.13. The van der Waals surface area contributed by atoms with Crippen LogP contribution in [0.15, 0.2) is 0 Å². The molecule has 2 atom stereocenters. The quantitative estimate of drug-likeness (QED) is 0.680. The van der Waals surface area contributed by atoms with Crippen LogP contribution in [0.5, 0.6) is 0 Å². The van der Waals surface area contributed by atoms with Crippen LogP contribution in [0.3, 0.4) is 0 Å². The zero-order chi connectivity index (χ0) is 11.2.